The molecule has 164 valence electrons. The number of halogens is 2. The third-order valence-electron chi connectivity index (χ3n) is 4.69. The molecule has 3 rings (SSSR count). The zero-order valence-corrected chi connectivity index (χ0v) is 18.9. The number of aliphatic carboxylic acids is 1. The fourth-order valence-corrected chi connectivity index (χ4v) is 4.07. The number of carboxylic acids is 1. The molecule has 1 atom stereocenters. The molecule has 1 aromatic carbocycles. The minimum absolute atomic E-state index is 0.0431. The molecule has 0 aliphatic carbocycles. The van der Waals surface area contributed by atoms with Gasteiger partial charge in [-0.05, 0) is 32.9 Å². The number of likely N-dealkylation sites (tertiary alicyclic amines) is 1. The first-order chi connectivity index (χ1) is 14.4. The van der Waals surface area contributed by atoms with Gasteiger partial charge in [0.25, 0.3) is 17.7 Å². The van der Waals surface area contributed by atoms with Gasteiger partial charge in [-0.25, -0.2) is 4.79 Å². The molecule has 2 aromatic rings. The number of hydrogen-bond donors (Lipinski definition) is 3. The Hall–Kier alpha value is -2.56. The highest BCUT2D eigenvalue weighted by molar-refractivity contribution is 7.81. The van der Waals surface area contributed by atoms with E-state index in [4.69, 9.17) is 27.7 Å². The van der Waals surface area contributed by atoms with Crippen LogP contribution in [0.3, 0.4) is 0 Å². The van der Waals surface area contributed by atoms with Crippen LogP contribution in [0, 0.1) is 6.92 Å². The second-order valence-corrected chi connectivity index (χ2v) is 9.37. The van der Waals surface area contributed by atoms with Crippen molar-refractivity contribution in [2.45, 2.75) is 37.6 Å². The standard InChI is InChI=1S/C19H17Cl2N3O6S/c1-7-10(12(23-30-7)11-8(20)5-4-6-9(11)21)15(25)22-13-16(26)24(17(13)27)14(18(28)29)19(2,3)31/h4-6,13-14,31H,1-3H3,(H,22,25)(H,28,29)/t14-/m0/s1. The van der Waals surface area contributed by atoms with Crippen molar-refractivity contribution >= 4 is 59.5 Å². The molecule has 0 spiro atoms. The van der Waals surface area contributed by atoms with E-state index in [2.05, 4.69) is 23.1 Å². The van der Waals surface area contributed by atoms with Crippen LogP contribution in [0.25, 0.3) is 11.3 Å². The molecule has 0 unspecified atom stereocenters. The largest absolute Gasteiger partial charge is 0.480 e. The molecular formula is C19H17Cl2N3O6S. The van der Waals surface area contributed by atoms with E-state index in [1.165, 1.54) is 20.8 Å². The van der Waals surface area contributed by atoms with E-state index in [1.807, 2.05) is 0 Å². The van der Waals surface area contributed by atoms with Crippen molar-refractivity contribution in [3.8, 4) is 11.3 Å². The van der Waals surface area contributed by atoms with Gasteiger partial charge in [0.05, 0.1) is 10.0 Å². The van der Waals surface area contributed by atoms with E-state index in [9.17, 15) is 24.3 Å². The predicted octanol–water partition coefficient (Wildman–Crippen LogP) is 2.59. The van der Waals surface area contributed by atoms with Crippen LogP contribution in [-0.2, 0) is 14.4 Å². The number of carbonyl (C=O) groups is 4. The highest BCUT2D eigenvalue weighted by Crippen LogP contribution is 2.37. The molecule has 9 nitrogen and oxygen atoms in total. The number of imide groups is 1. The van der Waals surface area contributed by atoms with Crippen LogP contribution >= 0.6 is 35.8 Å². The molecule has 0 saturated carbocycles. The smallest absolute Gasteiger partial charge is 0.328 e. The number of rotatable bonds is 6. The second kappa shape index (κ2) is 8.18. The minimum atomic E-state index is -1.55. The van der Waals surface area contributed by atoms with Crippen LogP contribution in [0.2, 0.25) is 10.0 Å². The first-order valence-corrected chi connectivity index (χ1v) is 10.1. The van der Waals surface area contributed by atoms with Gasteiger partial charge in [-0.1, -0.05) is 34.4 Å². The average molecular weight is 486 g/mol. The van der Waals surface area contributed by atoms with E-state index in [0.717, 1.165) is 0 Å². The molecule has 2 N–H and O–H groups in total. The second-order valence-electron chi connectivity index (χ2n) is 7.41. The third-order valence-corrected chi connectivity index (χ3v) is 5.57. The average Bonchev–Trinajstić information content (AvgIpc) is 3.03. The Morgan fingerprint density at radius 3 is 2.29 bits per heavy atom. The molecule has 0 radical (unpaired) electrons. The van der Waals surface area contributed by atoms with Crippen LogP contribution in [0.15, 0.2) is 22.7 Å². The van der Waals surface area contributed by atoms with Gasteiger partial charge in [0.1, 0.15) is 17.0 Å². The number of aromatic nitrogens is 1. The Labute approximate surface area is 192 Å². The van der Waals surface area contributed by atoms with Gasteiger partial charge in [0.2, 0.25) is 0 Å². The summed E-state index contributed by atoms with van der Waals surface area (Å²) in [6.45, 7) is 4.39. The summed E-state index contributed by atoms with van der Waals surface area (Å²) in [5, 5.41) is 16.0. The molecule has 0 bridgehead atoms. The van der Waals surface area contributed by atoms with Gasteiger partial charge >= 0.3 is 5.97 Å². The summed E-state index contributed by atoms with van der Waals surface area (Å²) in [7, 11) is 0. The van der Waals surface area contributed by atoms with Crippen molar-refractivity contribution in [1.29, 1.82) is 0 Å². The van der Waals surface area contributed by atoms with Crippen LogP contribution in [0.1, 0.15) is 30.0 Å². The van der Waals surface area contributed by atoms with Crippen molar-refractivity contribution in [3.05, 3.63) is 39.6 Å². The Bertz CT molecular complexity index is 1070. The fourth-order valence-electron chi connectivity index (χ4n) is 3.27. The topological polar surface area (TPSA) is 130 Å². The number of benzene rings is 1. The van der Waals surface area contributed by atoms with E-state index in [1.54, 1.807) is 18.2 Å². The predicted molar refractivity (Wildman–Crippen MR) is 114 cm³/mol. The van der Waals surface area contributed by atoms with Gasteiger partial charge < -0.3 is 14.9 Å². The van der Waals surface area contributed by atoms with Crippen molar-refractivity contribution < 1.29 is 28.8 Å². The van der Waals surface area contributed by atoms with E-state index >= 15 is 0 Å². The van der Waals surface area contributed by atoms with Crippen molar-refractivity contribution in [2.75, 3.05) is 0 Å². The molecule has 1 aromatic heterocycles. The Morgan fingerprint density at radius 1 is 1.26 bits per heavy atom. The molecule has 3 amide bonds. The number of carbonyl (C=O) groups excluding carboxylic acids is 3. The summed E-state index contributed by atoms with van der Waals surface area (Å²) in [6, 6.07) is 1.67. The van der Waals surface area contributed by atoms with Gasteiger partial charge in [-0.3, -0.25) is 19.3 Å². The van der Waals surface area contributed by atoms with Crippen LogP contribution < -0.4 is 5.32 Å². The highest BCUT2D eigenvalue weighted by Gasteiger charge is 2.56. The van der Waals surface area contributed by atoms with E-state index in [0.29, 0.717) is 4.90 Å². The number of nitrogens with zero attached hydrogens (tertiary/aromatic N) is 2. The fraction of sp³-hybridized carbons (Fsp3) is 0.316. The Balaban J connectivity index is 1.88. The number of aryl methyl sites for hydroxylation is 1. The molecule has 1 aliphatic heterocycles. The first-order valence-electron chi connectivity index (χ1n) is 8.89. The molecule has 2 heterocycles. The number of hydrogen-bond acceptors (Lipinski definition) is 7. The van der Waals surface area contributed by atoms with Gasteiger partial charge in [-0.2, -0.15) is 12.6 Å². The maximum Gasteiger partial charge on any atom is 0.328 e. The zero-order chi connectivity index (χ0) is 23.2. The SMILES string of the molecule is Cc1onc(-c2c(Cl)cccc2Cl)c1C(=O)NC1C(=O)N([C@@H](C(=O)O)C(C)(C)S)C1=O. The van der Waals surface area contributed by atoms with Crippen LogP contribution in [-0.4, -0.2) is 55.7 Å². The highest BCUT2D eigenvalue weighted by atomic mass is 35.5. The van der Waals surface area contributed by atoms with Crippen molar-refractivity contribution in [1.82, 2.24) is 15.4 Å². The molecular weight excluding hydrogens is 469 g/mol. The summed E-state index contributed by atoms with van der Waals surface area (Å²) in [5.74, 6) is -3.83. The van der Waals surface area contributed by atoms with Gasteiger partial charge in [-0.15, -0.1) is 0 Å². The minimum Gasteiger partial charge on any atom is -0.480 e. The normalized spacial score (nSPS) is 15.6. The lowest BCUT2D eigenvalue weighted by Gasteiger charge is -2.43. The molecule has 1 saturated heterocycles. The summed E-state index contributed by atoms with van der Waals surface area (Å²) < 4.78 is 3.90. The number of carboxylic acid groups (broad SMARTS) is 1. The van der Waals surface area contributed by atoms with Gasteiger partial charge in [0.15, 0.2) is 12.1 Å². The lowest BCUT2D eigenvalue weighted by molar-refractivity contribution is -0.171. The third kappa shape index (κ3) is 4.02. The molecule has 1 fully saturated rings. The maximum atomic E-state index is 12.9. The maximum absolute atomic E-state index is 12.9. The number of nitrogens with one attached hydrogen (secondary N) is 1. The van der Waals surface area contributed by atoms with Crippen LogP contribution in [0.5, 0.6) is 0 Å². The first kappa shape index (κ1) is 23.1. The zero-order valence-electron chi connectivity index (χ0n) is 16.5. The van der Waals surface area contributed by atoms with Crippen LogP contribution in [0.4, 0.5) is 0 Å². The summed E-state index contributed by atoms with van der Waals surface area (Å²) in [5.41, 5.74) is 0.239. The Kier molecular flexibility index (Phi) is 6.09. The quantitative estimate of drug-likeness (QED) is 0.325. The van der Waals surface area contributed by atoms with Crippen molar-refractivity contribution in [3.63, 3.8) is 0 Å². The van der Waals surface area contributed by atoms with E-state index < -0.39 is 40.5 Å². The lowest BCUT2D eigenvalue weighted by atomic mass is 9.94. The van der Waals surface area contributed by atoms with Crippen molar-refractivity contribution in [2.24, 2.45) is 0 Å². The number of thiol groups is 1. The molecule has 12 heteroatoms. The summed E-state index contributed by atoms with van der Waals surface area (Å²) in [6.07, 6.45) is 0. The lowest BCUT2D eigenvalue weighted by Crippen LogP contribution is -2.74. The number of β-lactam (4-membered cyclic amide) rings is 2. The van der Waals surface area contributed by atoms with Gasteiger partial charge in [0, 0.05) is 10.3 Å². The monoisotopic (exact) mass is 485 g/mol. The molecule has 31 heavy (non-hydrogen) atoms. The van der Waals surface area contributed by atoms with E-state index in [-0.39, 0.29) is 32.6 Å². The Morgan fingerprint density at radius 2 is 1.81 bits per heavy atom. The molecule has 1 aliphatic rings. The summed E-state index contributed by atoms with van der Waals surface area (Å²) in [4.78, 5) is 50.1. The number of amides is 3. The summed E-state index contributed by atoms with van der Waals surface area (Å²) >= 11 is 16.6.